The van der Waals surface area contributed by atoms with Crippen LogP contribution in [0.4, 0.5) is 14.5 Å². The summed E-state index contributed by atoms with van der Waals surface area (Å²) in [7, 11) is 0. The number of Topliss-reactive ketones (excluding diaryl/α,β-unsaturated/α-hetero) is 1. The summed E-state index contributed by atoms with van der Waals surface area (Å²) in [6.07, 6.45) is 5.14. The van der Waals surface area contributed by atoms with Gasteiger partial charge >= 0.3 is 5.97 Å². The molecule has 0 bridgehead atoms. The van der Waals surface area contributed by atoms with Crippen molar-refractivity contribution in [2.75, 3.05) is 18.5 Å². The van der Waals surface area contributed by atoms with Crippen molar-refractivity contribution in [3.8, 4) is 0 Å². The van der Waals surface area contributed by atoms with Crippen LogP contribution in [-0.4, -0.2) is 29.8 Å². The first-order chi connectivity index (χ1) is 17.1. The Morgan fingerprint density at radius 3 is 2.28 bits per heavy atom. The molecule has 194 valence electrons. The highest BCUT2D eigenvalue weighted by Crippen LogP contribution is 2.27. The molecule has 0 radical (unpaired) electrons. The first-order valence-electron chi connectivity index (χ1n) is 12.6. The van der Waals surface area contributed by atoms with Gasteiger partial charge in [0, 0.05) is 19.2 Å². The van der Waals surface area contributed by atoms with Gasteiger partial charge in [-0.1, -0.05) is 77.6 Å². The summed E-state index contributed by atoms with van der Waals surface area (Å²) < 4.78 is 33.1. The molecule has 0 aliphatic carbocycles. The maximum Gasteiger partial charge on any atom is 0.346 e. The van der Waals surface area contributed by atoms with Crippen molar-refractivity contribution >= 4 is 17.4 Å². The van der Waals surface area contributed by atoms with Crippen LogP contribution in [0.5, 0.6) is 0 Å². The Hall–Kier alpha value is -3.22. The Morgan fingerprint density at radius 2 is 1.69 bits per heavy atom. The number of rotatable bonds is 11. The fourth-order valence-electron chi connectivity index (χ4n) is 4.14. The number of cyclic esters (lactones) is 1. The molecular weight excluding hydrogens is 462 g/mol. The molecule has 7 heteroatoms. The molecule has 0 spiro atoms. The highest BCUT2D eigenvalue weighted by molar-refractivity contribution is 6.22. The number of esters is 1. The van der Waals surface area contributed by atoms with E-state index in [0.717, 1.165) is 49.8 Å². The minimum atomic E-state index is -0.815. The number of ketones is 1. The number of ether oxygens (including phenoxy) is 1. The first-order valence-corrected chi connectivity index (χ1v) is 12.6. The average Bonchev–Trinajstić information content (AvgIpc) is 3.15. The van der Waals surface area contributed by atoms with Gasteiger partial charge in [-0.15, -0.1) is 0 Å². The van der Waals surface area contributed by atoms with E-state index in [1.807, 2.05) is 17.0 Å². The van der Waals surface area contributed by atoms with E-state index >= 15 is 0 Å². The van der Waals surface area contributed by atoms with Crippen molar-refractivity contribution in [2.45, 2.75) is 71.8 Å². The van der Waals surface area contributed by atoms with Gasteiger partial charge in [0.25, 0.3) is 0 Å². The van der Waals surface area contributed by atoms with Crippen LogP contribution in [0, 0.1) is 11.6 Å². The standard InChI is InChI=1S/C29H36F2N2O3/c1-5-6-7-8-9-16-33(18-20-10-12-21(13-11-20)29(2,3)4)27(26-25(34)19-36-28(26)35)32-24-15-14-22(30)17-23(24)31/h10-15,17,32H,5-9,16,18-19H2,1-4H3. The van der Waals surface area contributed by atoms with Crippen LogP contribution in [0.25, 0.3) is 0 Å². The van der Waals surface area contributed by atoms with Crippen LogP contribution < -0.4 is 5.32 Å². The van der Waals surface area contributed by atoms with E-state index in [1.165, 1.54) is 11.6 Å². The van der Waals surface area contributed by atoms with E-state index in [2.05, 4.69) is 45.1 Å². The Bertz CT molecular complexity index is 1090. The highest BCUT2D eigenvalue weighted by Gasteiger charge is 2.34. The monoisotopic (exact) mass is 498 g/mol. The number of nitrogens with zero attached hydrogens (tertiary/aromatic N) is 1. The number of nitrogens with one attached hydrogen (secondary N) is 1. The lowest BCUT2D eigenvalue weighted by Crippen LogP contribution is -2.32. The van der Waals surface area contributed by atoms with Gasteiger partial charge in [-0.2, -0.15) is 0 Å². The van der Waals surface area contributed by atoms with Gasteiger partial charge in [0.15, 0.2) is 6.61 Å². The first kappa shape index (κ1) is 27.4. The number of halogens is 2. The molecule has 2 aromatic carbocycles. The number of unbranched alkanes of at least 4 members (excludes halogenated alkanes) is 4. The van der Waals surface area contributed by atoms with Crippen molar-refractivity contribution < 1.29 is 23.1 Å². The van der Waals surface area contributed by atoms with Crippen LogP contribution in [-0.2, 0) is 26.3 Å². The van der Waals surface area contributed by atoms with Crippen molar-refractivity contribution in [3.63, 3.8) is 0 Å². The molecule has 36 heavy (non-hydrogen) atoms. The number of anilines is 1. The van der Waals surface area contributed by atoms with E-state index < -0.39 is 23.4 Å². The zero-order valence-corrected chi connectivity index (χ0v) is 21.6. The Morgan fingerprint density at radius 1 is 1.00 bits per heavy atom. The van der Waals surface area contributed by atoms with Crippen LogP contribution in [0.15, 0.2) is 53.9 Å². The smallest absolute Gasteiger partial charge is 0.346 e. The summed E-state index contributed by atoms with van der Waals surface area (Å²) in [6.45, 7) is 9.17. The molecule has 0 amide bonds. The van der Waals surface area contributed by atoms with Crippen LogP contribution >= 0.6 is 0 Å². The van der Waals surface area contributed by atoms with Crippen molar-refractivity contribution in [2.24, 2.45) is 0 Å². The van der Waals surface area contributed by atoms with E-state index in [1.54, 1.807) is 0 Å². The Labute approximate surface area is 212 Å². The van der Waals surface area contributed by atoms with Crippen LogP contribution in [0.2, 0.25) is 0 Å². The summed E-state index contributed by atoms with van der Waals surface area (Å²) >= 11 is 0. The maximum atomic E-state index is 14.6. The van der Waals surface area contributed by atoms with E-state index in [-0.39, 0.29) is 29.1 Å². The Kier molecular flexibility index (Phi) is 9.24. The van der Waals surface area contributed by atoms with Crippen LogP contribution in [0.3, 0.4) is 0 Å². The number of hydrogen-bond donors (Lipinski definition) is 1. The number of benzene rings is 2. The summed E-state index contributed by atoms with van der Waals surface area (Å²) in [4.78, 5) is 27.1. The lowest BCUT2D eigenvalue weighted by atomic mass is 9.87. The second-order valence-corrected chi connectivity index (χ2v) is 10.3. The molecule has 3 rings (SSSR count). The lowest BCUT2D eigenvalue weighted by Gasteiger charge is -2.30. The molecule has 2 aromatic rings. The quantitative estimate of drug-likeness (QED) is 0.166. The number of carbonyl (C=O) groups is 2. The van der Waals surface area contributed by atoms with E-state index in [0.29, 0.717) is 13.1 Å². The van der Waals surface area contributed by atoms with E-state index in [4.69, 9.17) is 4.74 Å². The SMILES string of the molecule is CCCCCCCN(Cc1ccc(C(C)(C)C)cc1)C(Nc1ccc(F)cc1F)=C1C(=O)COC1=O. The summed E-state index contributed by atoms with van der Waals surface area (Å²) in [5.41, 5.74) is 2.02. The van der Waals surface area contributed by atoms with Gasteiger partial charge in [-0.3, -0.25) is 4.79 Å². The largest absolute Gasteiger partial charge is 0.453 e. The van der Waals surface area contributed by atoms with Gasteiger partial charge < -0.3 is 15.0 Å². The molecule has 1 aliphatic heterocycles. The van der Waals surface area contributed by atoms with Crippen molar-refractivity contribution in [3.05, 3.63) is 76.6 Å². The molecule has 1 fully saturated rings. The molecule has 1 N–H and O–H groups in total. The molecule has 5 nitrogen and oxygen atoms in total. The van der Waals surface area contributed by atoms with Gasteiger partial charge in [-0.05, 0) is 35.1 Å². The lowest BCUT2D eigenvalue weighted by molar-refractivity contribution is -0.135. The number of carbonyl (C=O) groups excluding carboxylic acids is 2. The predicted molar refractivity (Wildman–Crippen MR) is 137 cm³/mol. The third-order valence-corrected chi connectivity index (χ3v) is 6.28. The molecule has 0 atom stereocenters. The molecule has 1 aliphatic rings. The summed E-state index contributed by atoms with van der Waals surface area (Å²) in [5.74, 6) is -2.56. The predicted octanol–water partition coefficient (Wildman–Crippen LogP) is 6.48. The third kappa shape index (κ3) is 7.15. The van der Waals surface area contributed by atoms with E-state index in [9.17, 15) is 18.4 Å². The fraction of sp³-hybridized carbons (Fsp3) is 0.448. The molecular formula is C29H36F2N2O3. The Balaban J connectivity index is 1.98. The molecule has 0 aromatic heterocycles. The fourth-order valence-corrected chi connectivity index (χ4v) is 4.14. The second-order valence-electron chi connectivity index (χ2n) is 10.3. The zero-order chi connectivity index (χ0) is 26.3. The minimum Gasteiger partial charge on any atom is -0.453 e. The number of hydrogen-bond acceptors (Lipinski definition) is 5. The average molecular weight is 499 g/mol. The van der Waals surface area contributed by atoms with Gasteiger partial charge in [0.1, 0.15) is 23.0 Å². The van der Waals surface area contributed by atoms with Crippen molar-refractivity contribution in [1.29, 1.82) is 0 Å². The molecule has 0 saturated carbocycles. The molecule has 1 heterocycles. The maximum absolute atomic E-state index is 14.6. The summed E-state index contributed by atoms with van der Waals surface area (Å²) in [5, 5.41) is 2.93. The highest BCUT2D eigenvalue weighted by atomic mass is 19.1. The third-order valence-electron chi connectivity index (χ3n) is 6.28. The summed E-state index contributed by atoms with van der Waals surface area (Å²) in [6, 6.07) is 11.4. The van der Waals surface area contributed by atoms with Crippen molar-refractivity contribution in [1.82, 2.24) is 4.90 Å². The molecule has 1 saturated heterocycles. The normalized spacial score (nSPS) is 15.2. The second kappa shape index (κ2) is 12.2. The van der Waals surface area contributed by atoms with Gasteiger partial charge in [0.05, 0.1) is 5.69 Å². The molecule has 0 unspecified atom stereocenters. The zero-order valence-electron chi connectivity index (χ0n) is 21.6. The van der Waals surface area contributed by atoms with Crippen LogP contribution in [0.1, 0.15) is 70.9 Å². The van der Waals surface area contributed by atoms with Gasteiger partial charge in [-0.25, -0.2) is 13.6 Å². The van der Waals surface area contributed by atoms with Gasteiger partial charge in [0.2, 0.25) is 5.78 Å². The minimum absolute atomic E-state index is 0.00627. The topological polar surface area (TPSA) is 58.6 Å².